The van der Waals surface area contributed by atoms with Gasteiger partial charge in [-0.25, -0.2) is 9.37 Å². The van der Waals surface area contributed by atoms with Crippen molar-refractivity contribution in [3.05, 3.63) is 47.9 Å². The number of pyridine rings is 1. The number of nitrogen functional groups attached to an aromatic ring is 1. The van der Waals surface area contributed by atoms with Gasteiger partial charge in [0.05, 0.1) is 11.3 Å². The Balaban J connectivity index is 1.68. The number of aromatic nitrogens is 1. The summed E-state index contributed by atoms with van der Waals surface area (Å²) in [5, 5.41) is 8.79. The normalized spacial score (nSPS) is 14.7. The van der Waals surface area contributed by atoms with Crippen LogP contribution in [-0.4, -0.2) is 31.2 Å². The van der Waals surface area contributed by atoms with Gasteiger partial charge in [0.15, 0.2) is 0 Å². The van der Waals surface area contributed by atoms with Crippen molar-refractivity contribution in [2.24, 2.45) is 0 Å². The van der Waals surface area contributed by atoms with Crippen molar-refractivity contribution in [2.45, 2.75) is 0 Å². The summed E-state index contributed by atoms with van der Waals surface area (Å²) in [6.07, 6.45) is 1.57. The minimum Gasteiger partial charge on any atom is -0.399 e. The first-order valence-corrected chi connectivity index (χ1v) is 7.08. The fraction of sp³-hybridized carbons (Fsp3) is 0.250. The molecule has 1 fully saturated rings. The first-order valence-electron chi connectivity index (χ1n) is 7.08. The lowest BCUT2D eigenvalue weighted by Gasteiger charge is -2.36. The molecule has 2 heterocycles. The standard InChI is InChI=1S/C16H16FN5/c17-14-9-13(19)2-3-15(14)21-5-7-22(8-6-21)16-4-1-12(10-18)11-20-16/h1-4,9,11H,5-8,19H2. The number of hydrogen-bond acceptors (Lipinski definition) is 5. The van der Waals surface area contributed by atoms with Crippen molar-refractivity contribution in [3.63, 3.8) is 0 Å². The number of benzene rings is 1. The van der Waals surface area contributed by atoms with Crippen molar-refractivity contribution in [3.8, 4) is 6.07 Å². The molecular weight excluding hydrogens is 281 g/mol. The first kappa shape index (κ1) is 14.1. The third kappa shape index (κ3) is 2.79. The van der Waals surface area contributed by atoms with Crippen molar-refractivity contribution < 1.29 is 4.39 Å². The number of anilines is 3. The number of nitrogens with two attached hydrogens (primary N) is 1. The highest BCUT2D eigenvalue weighted by Crippen LogP contribution is 2.24. The highest BCUT2D eigenvalue weighted by atomic mass is 19.1. The largest absolute Gasteiger partial charge is 0.399 e. The van der Waals surface area contributed by atoms with Crippen LogP contribution >= 0.6 is 0 Å². The number of rotatable bonds is 2. The first-order chi connectivity index (χ1) is 10.7. The molecule has 1 aromatic carbocycles. The quantitative estimate of drug-likeness (QED) is 0.859. The minimum absolute atomic E-state index is 0.287. The van der Waals surface area contributed by atoms with Gasteiger partial charge in [0.2, 0.25) is 0 Å². The van der Waals surface area contributed by atoms with Gasteiger partial charge in [-0.1, -0.05) is 0 Å². The van der Waals surface area contributed by atoms with E-state index in [2.05, 4.69) is 16.0 Å². The van der Waals surface area contributed by atoms with E-state index in [0.29, 0.717) is 30.0 Å². The van der Waals surface area contributed by atoms with Crippen LogP contribution in [-0.2, 0) is 0 Å². The summed E-state index contributed by atoms with van der Waals surface area (Å²) in [6.45, 7) is 2.93. The molecule has 0 spiro atoms. The van der Waals surface area contributed by atoms with E-state index in [1.807, 2.05) is 11.0 Å². The number of piperazine rings is 1. The van der Waals surface area contributed by atoms with E-state index in [1.165, 1.54) is 6.07 Å². The average molecular weight is 297 g/mol. The van der Waals surface area contributed by atoms with Gasteiger partial charge in [0.25, 0.3) is 0 Å². The van der Waals surface area contributed by atoms with Gasteiger partial charge < -0.3 is 15.5 Å². The third-order valence-electron chi connectivity index (χ3n) is 3.79. The Bertz CT molecular complexity index is 699. The summed E-state index contributed by atoms with van der Waals surface area (Å²) in [6, 6.07) is 10.4. The van der Waals surface area contributed by atoms with E-state index in [-0.39, 0.29) is 5.82 Å². The number of nitrogens with zero attached hydrogens (tertiary/aromatic N) is 4. The van der Waals surface area contributed by atoms with Crippen LogP contribution in [0.3, 0.4) is 0 Å². The summed E-state index contributed by atoms with van der Waals surface area (Å²) >= 11 is 0. The van der Waals surface area contributed by atoms with E-state index in [1.54, 1.807) is 24.4 Å². The Morgan fingerprint density at radius 3 is 2.41 bits per heavy atom. The molecule has 0 radical (unpaired) electrons. The minimum atomic E-state index is -0.287. The topological polar surface area (TPSA) is 69.2 Å². The molecule has 22 heavy (non-hydrogen) atoms. The van der Waals surface area contributed by atoms with Gasteiger partial charge in [-0.05, 0) is 30.3 Å². The van der Waals surface area contributed by atoms with Gasteiger partial charge in [0, 0.05) is 38.1 Å². The summed E-state index contributed by atoms with van der Waals surface area (Å²) in [4.78, 5) is 8.44. The van der Waals surface area contributed by atoms with Crippen LogP contribution in [0.1, 0.15) is 5.56 Å². The van der Waals surface area contributed by atoms with Gasteiger partial charge in [-0.3, -0.25) is 0 Å². The van der Waals surface area contributed by atoms with Crippen LogP contribution in [0.5, 0.6) is 0 Å². The fourth-order valence-corrected chi connectivity index (χ4v) is 2.60. The zero-order valence-corrected chi connectivity index (χ0v) is 12.0. The maximum absolute atomic E-state index is 14.0. The number of halogens is 1. The van der Waals surface area contributed by atoms with Gasteiger partial charge in [0.1, 0.15) is 17.7 Å². The lowest BCUT2D eigenvalue weighted by Crippen LogP contribution is -2.47. The molecule has 2 aromatic rings. The van der Waals surface area contributed by atoms with Crippen molar-refractivity contribution in [1.82, 2.24) is 4.98 Å². The Labute approximate surface area is 128 Å². The molecule has 2 N–H and O–H groups in total. The number of hydrogen-bond donors (Lipinski definition) is 1. The van der Waals surface area contributed by atoms with Crippen molar-refractivity contribution in [1.29, 1.82) is 5.26 Å². The lowest BCUT2D eigenvalue weighted by molar-refractivity contribution is 0.596. The van der Waals surface area contributed by atoms with Crippen molar-refractivity contribution >= 4 is 17.2 Å². The van der Waals surface area contributed by atoms with E-state index in [4.69, 9.17) is 11.0 Å². The fourth-order valence-electron chi connectivity index (χ4n) is 2.60. The predicted molar refractivity (Wildman–Crippen MR) is 84.2 cm³/mol. The molecule has 0 aliphatic carbocycles. The third-order valence-corrected chi connectivity index (χ3v) is 3.79. The molecule has 0 unspecified atom stereocenters. The zero-order chi connectivity index (χ0) is 15.5. The van der Waals surface area contributed by atoms with E-state index in [0.717, 1.165) is 18.9 Å². The summed E-state index contributed by atoms with van der Waals surface area (Å²) in [5.74, 6) is 0.557. The Hall–Kier alpha value is -2.81. The molecule has 0 atom stereocenters. The molecular formula is C16H16FN5. The summed E-state index contributed by atoms with van der Waals surface area (Å²) in [5.41, 5.74) is 7.15. The maximum Gasteiger partial charge on any atom is 0.148 e. The second-order valence-corrected chi connectivity index (χ2v) is 5.20. The Kier molecular flexibility index (Phi) is 3.79. The molecule has 1 aromatic heterocycles. The second kappa shape index (κ2) is 5.90. The molecule has 5 nitrogen and oxygen atoms in total. The zero-order valence-electron chi connectivity index (χ0n) is 12.0. The maximum atomic E-state index is 14.0. The molecule has 3 rings (SSSR count). The molecule has 1 aliphatic heterocycles. The number of nitriles is 1. The summed E-state index contributed by atoms with van der Waals surface area (Å²) < 4.78 is 14.0. The molecule has 0 bridgehead atoms. The van der Waals surface area contributed by atoms with Crippen LogP contribution in [0.2, 0.25) is 0 Å². The van der Waals surface area contributed by atoms with Gasteiger partial charge >= 0.3 is 0 Å². The molecule has 112 valence electrons. The van der Waals surface area contributed by atoms with Crippen LogP contribution in [0, 0.1) is 17.1 Å². The smallest absolute Gasteiger partial charge is 0.148 e. The van der Waals surface area contributed by atoms with Gasteiger partial charge in [-0.2, -0.15) is 5.26 Å². The van der Waals surface area contributed by atoms with E-state index >= 15 is 0 Å². The highest BCUT2D eigenvalue weighted by Gasteiger charge is 2.20. The molecule has 1 aliphatic rings. The van der Waals surface area contributed by atoms with Crippen LogP contribution in [0.4, 0.5) is 21.6 Å². The summed E-state index contributed by atoms with van der Waals surface area (Å²) in [7, 11) is 0. The van der Waals surface area contributed by atoms with Crippen molar-refractivity contribution in [2.75, 3.05) is 41.7 Å². The van der Waals surface area contributed by atoms with E-state index < -0.39 is 0 Å². The average Bonchev–Trinajstić information content (AvgIpc) is 2.55. The molecule has 6 heteroatoms. The molecule has 0 amide bonds. The van der Waals surface area contributed by atoms with Crippen LogP contribution in [0.25, 0.3) is 0 Å². The SMILES string of the molecule is N#Cc1ccc(N2CCN(c3ccc(N)cc3F)CC2)nc1. The molecule has 1 saturated heterocycles. The predicted octanol–water partition coefficient (Wildman–Crippen LogP) is 2.00. The molecule has 0 saturated carbocycles. The second-order valence-electron chi connectivity index (χ2n) is 5.20. The van der Waals surface area contributed by atoms with Crippen LogP contribution in [0.15, 0.2) is 36.5 Å². The highest BCUT2D eigenvalue weighted by molar-refractivity contribution is 5.55. The lowest BCUT2D eigenvalue weighted by atomic mass is 10.2. The monoisotopic (exact) mass is 297 g/mol. The van der Waals surface area contributed by atoms with E-state index in [9.17, 15) is 4.39 Å². The Morgan fingerprint density at radius 2 is 1.82 bits per heavy atom. The Morgan fingerprint density at radius 1 is 1.09 bits per heavy atom. The van der Waals surface area contributed by atoms with Gasteiger partial charge in [-0.15, -0.1) is 0 Å². The van der Waals surface area contributed by atoms with Crippen LogP contribution < -0.4 is 15.5 Å².